The lowest BCUT2D eigenvalue weighted by molar-refractivity contribution is 0.422. The number of hydrogen-bond acceptors (Lipinski definition) is 7. The minimum Gasteiger partial charge on any atom is -0.419 e. The van der Waals surface area contributed by atoms with Crippen molar-refractivity contribution in [1.29, 1.82) is 0 Å². The predicted octanol–water partition coefficient (Wildman–Crippen LogP) is 4.34. The minimum absolute atomic E-state index is 0.0495. The van der Waals surface area contributed by atoms with Crippen molar-refractivity contribution in [3.05, 3.63) is 35.2 Å². The van der Waals surface area contributed by atoms with Crippen molar-refractivity contribution >= 4 is 23.4 Å². The Morgan fingerprint density at radius 3 is 2.88 bits per heavy atom. The van der Waals surface area contributed by atoms with Gasteiger partial charge in [-0.1, -0.05) is 42.3 Å². The van der Waals surface area contributed by atoms with Crippen LogP contribution in [0.15, 0.2) is 33.8 Å². The van der Waals surface area contributed by atoms with E-state index in [9.17, 15) is 0 Å². The third-order valence-corrected chi connectivity index (χ3v) is 5.55. The van der Waals surface area contributed by atoms with Gasteiger partial charge in [0, 0.05) is 10.6 Å². The number of nitrogens with zero attached hydrogens (tertiary/aromatic N) is 6. The Bertz CT molecular complexity index is 860. The zero-order chi connectivity index (χ0) is 17.2. The Morgan fingerprint density at radius 2 is 2.08 bits per heavy atom. The molecule has 1 aliphatic carbocycles. The van der Waals surface area contributed by atoms with Gasteiger partial charge in [0.15, 0.2) is 0 Å². The highest BCUT2D eigenvalue weighted by Crippen LogP contribution is 2.37. The Morgan fingerprint density at radius 1 is 1.24 bits per heavy atom. The van der Waals surface area contributed by atoms with Gasteiger partial charge in [-0.05, 0) is 48.4 Å². The van der Waals surface area contributed by atoms with Gasteiger partial charge in [0.1, 0.15) is 0 Å². The summed E-state index contributed by atoms with van der Waals surface area (Å²) in [6, 6.07) is 7.76. The average molecular weight is 377 g/mol. The fourth-order valence-electron chi connectivity index (χ4n) is 2.99. The molecular formula is C16H17ClN6OS. The molecule has 0 amide bonds. The van der Waals surface area contributed by atoms with Crippen molar-refractivity contribution in [3.63, 3.8) is 0 Å². The van der Waals surface area contributed by atoms with Gasteiger partial charge in [0.2, 0.25) is 16.9 Å². The van der Waals surface area contributed by atoms with E-state index in [1.807, 2.05) is 29.8 Å². The number of benzene rings is 1. The number of halogens is 1. The van der Waals surface area contributed by atoms with Crippen LogP contribution in [0, 0.1) is 0 Å². The lowest BCUT2D eigenvalue weighted by Crippen LogP contribution is -2.08. The quantitative estimate of drug-likeness (QED) is 0.612. The van der Waals surface area contributed by atoms with Crippen LogP contribution in [0.5, 0.6) is 0 Å². The summed E-state index contributed by atoms with van der Waals surface area (Å²) < 4.78 is 7.75. The van der Waals surface area contributed by atoms with Crippen LogP contribution in [-0.2, 0) is 0 Å². The van der Waals surface area contributed by atoms with E-state index in [0.717, 1.165) is 23.6 Å². The molecule has 0 spiro atoms. The molecule has 1 fully saturated rings. The molecule has 2 heterocycles. The lowest BCUT2D eigenvalue weighted by atomic mass is 10.2. The maximum Gasteiger partial charge on any atom is 0.247 e. The zero-order valence-corrected chi connectivity index (χ0v) is 15.2. The van der Waals surface area contributed by atoms with Gasteiger partial charge < -0.3 is 4.42 Å². The van der Waals surface area contributed by atoms with Crippen molar-refractivity contribution in [2.75, 3.05) is 0 Å². The van der Waals surface area contributed by atoms with Gasteiger partial charge in [-0.2, -0.15) is 0 Å². The van der Waals surface area contributed by atoms with E-state index in [4.69, 9.17) is 16.0 Å². The molecule has 0 unspecified atom stereocenters. The minimum atomic E-state index is -0.0495. The van der Waals surface area contributed by atoms with E-state index in [0.29, 0.717) is 22.8 Å². The molecule has 0 saturated heterocycles. The first-order chi connectivity index (χ1) is 12.2. The van der Waals surface area contributed by atoms with Crippen LogP contribution in [-0.4, -0.2) is 30.4 Å². The molecule has 4 rings (SSSR count). The molecular weight excluding hydrogens is 360 g/mol. The van der Waals surface area contributed by atoms with Gasteiger partial charge >= 0.3 is 0 Å². The molecule has 3 aromatic rings. The summed E-state index contributed by atoms with van der Waals surface area (Å²) >= 11 is 7.55. The Hall–Kier alpha value is -1.93. The van der Waals surface area contributed by atoms with Crippen LogP contribution in [0.3, 0.4) is 0 Å². The Kier molecular flexibility index (Phi) is 4.72. The molecule has 130 valence electrons. The van der Waals surface area contributed by atoms with E-state index in [1.54, 1.807) is 6.07 Å². The van der Waals surface area contributed by atoms with E-state index >= 15 is 0 Å². The highest BCUT2D eigenvalue weighted by molar-refractivity contribution is 7.99. The molecule has 25 heavy (non-hydrogen) atoms. The van der Waals surface area contributed by atoms with Gasteiger partial charge in [-0.25, -0.2) is 4.68 Å². The normalized spacial score (nSPS) is 16.4. The number of rotatable bonds is 5. The van der Waals surface area contributed by atoms with Gasteiger partial charge in [0.05, 0.1) is 11.3 Å². The molecule has 1 atom stereocenters. The molecule has 7 nitrogen and oxygen atoms in total. The van der Waals surface area contributed by atoms with Gasteiger partial charge in [0.25, 0.3) is 0 Å². The predicted molar refractivity (Wildman–Crippen MR) is 94.3 cm³/mol. The second-order valence-corrected chi connectivity index (χ2v) is 7.80. The molecule has 0 bridgehead atoms. The van der Waals surface area contributed by atoms with Crippen LogP contribution in [0.2, 0.25) is 5.02 Å². The summed E-state index contributed by atoms with van der Waals surface area (Å²) in [5.41, 5.74) is 0.805. The number of aromatic nitrogens is 6. The first kappa shape index (κ1) is 16.5. The second-order valence-electron chi connectivity index (χ2n) is 6.06. The van der Waals surface area contributed by atoms with Crippen LogP contribution in [0.4, 0.5) is 0 Å². The zero-order valence-electron chi connectivity index (χ0n) is 13.7. The Balaban J connectivity index is 1.51. The average Bonchev–Trinajstić information content (AvgIpc) is 3.35. The molecule has 1 aromatic carbocycles. The summed E-state index contributed by atoms with van der Waals surface area (Å²) in [4.78, 5) is 0. The van der Waals surface area contributed by atoms with E-state index in [-0.39, 0.29) is 5.25 Å². The summed E-state index contributed by atoms with van der Waals surface area (Å²) in [5, 5.41) is 21.8. The van der Waals surface area contributed by atoms with E-state index in [2.05, 4.69) is 25.7 Å². The van der Waals surface area contributed by atoms with Crippen molar-refractivity contribution in [2.45, 2.75) is 49.1 Å². The number of hydrogen-bond donors (Lipinski definition) is 0. The third-order valence-electron chi connectivity index (χ3n) is 4.28. The van der Waals surface area contributed by atoms with Crippen LogP contribution in [0.25, 0.3) is 11.5 Å². The van der Waals surface area contributed by atoms with Crippen LogP contribution in [0.1, 0.15) is 49.8 Å². The maximum absolute atomic E-state index is 6.02. The summed E-state index contributed by atoms with van der Waals surface area (Å²) in [7, 11) is 0. The fourth-order valence-corrected chi connectivity index (χ4v) is 4.07. The van der Waals surface area contributed by atoms with Crippen LogP contribution < -0.4 is 0 Å². The number of tetrazole rings is 1. The van der Waals surface area contributed by atoms with Crippen molar-refractivity contribution < 1.29 is 4.42 Å². The van der Waals surface area contributed by atoms with E-state index < -0.39 is 0 Å². The maximum atomic E-state index is 6.02. The largest absolute Gasteiger partial charge is 0.419 e. The molecule has 2 aromatic heterocycles. The SMILES string of the molecule is C[C@@H](Sc1nnnn1C1CCCC1)c1nnc(-c2cccc(Cl)c2)o1. The molecule has 0 aliphatic heterocycles. The third kappa shape index (κ3) is 3.55. The molecule has 9 heteroatoms. The second kappa shape index (κ2) is 7.13. The first-order valence-electron chi connectivity index (χ1n) is 8.24. The molecule has 0 radical (unpaired) electrons. The molecule has 1 saturated carbocycles. The van der Waals surface area contributed by atoms with Crippen LogP contribution >= 0.6 is 23.4 Å². The highest BCUT2D eigenvalue weighted by atomic mass is 35.5. The summed E-state index contributed by atoms with van der Waals surface area (Å²) in [5.74, 6) is 1.00. The summed E-state index contributed by atoms with van der Waals surface area (Å²) in [6.07, 6.45) is 4.73. The lowest BCUT2D eigenvalue weighted by Gasteiger charge is -2.12. The van der Waals surface area contributed by atoms with Crippen molar-refractivity contribution in [2.24, 2.45) is 0 Å². The molecule has 1 aliphatic rings. The monoisotopic (exact) mass is 376 g/mol. The van der Waals surface area contributed by atoms with Gasteiger partial charge in [-0.3, -0.25) is 0 Å². The highest BCUT2D eigenvalue weighted by Gasteiger charge is 2.24. The van der Waals surface area contributed by atoms with Crippen molar-refractivity contribution in [3.8, 4) is 11.5 Å². The van der Waals surface area contributed by atoms with Crippen molar-refractivity contribution in [1.82, 2.24) is 30.4 Å². The summed E-state index contributed by atoms with van der Waals surface area (Å²) in [6.45, 7) is 2.01. The fraction of sp³-hybridized carbons (Fsp3) is 0.438. The first-order valence-corrected chi connectivity index (χ1v) is 9.50. The van der Waals surface area contributed by atoms with E-state index in [1.165, 1.54) is 24.6 Å². The topological polar surface area (TPSA) is 82.5 Å². The number of thioether (sulfide) groups is 1. The molecule has 0 N–H and O–H groups in total. The Labute approximate surface area is 154 Å². The smallest absolute Gasteiger partial charge is 0.247 e. The van der Waals surface area contributed by atoms with Gasteiger partial charge in [-0.15, -0.1) is 15.3 Å². The standard InChI is InChI=1S/C16H17ClN6OS/c1-10(25-16-20-21-22-23(16)13-7-2-3-8-13)14-18-19-15(24-14)11-5-4-6-12(17)9-11/h4-6,9-10,13H,2-3,7-8H2,1H3/t10-/m1/s1.